The summed E-state index contributed by atoms with van der Waals surface area (Å²) in [7, 11) is 0. The lowest BCUT2D eigenvalue weighted by Gasteiger charge is -2.20. The van der Waals surface area contributed by atoms with E-state index in [0.29, 0.717) is 12.1 Å². The summed E-state index contributed by atoms with van der Waals surface area (Å²) in [6, 6.07) is 7.60. The number of halogens is 1. The number of nitrogens with zero attached hydrogens (tertiary/aromatic N) is 2. The monoisotopic (exact) mass is 529 g/mol. The van der Waals surface area contributed by atoms with Crippen molar-refractivity contribution in [1.82, 2.24) is 20.9 Å². The first kappa shape index (κ1) is 25.4. The number of thiazole rings is 1. The van der Waals surface area contributed by atoms with E-state index in [2.05, 4.69) is 31.3 Å². The van der Waals surface area contributed by atoms with E-state index < -0.39 is 0 Å². The Morgan fingerprint density at radius 3 is 2.62 bits per heavy atom. The molecule has 0 atom stereocenters. The molecule has 3 N–H and O–H groups in total. The lowest BCUT2D eigenvalue weighted by atomic mass is 10.1. The summed E-state index contributed by atoms with van der Waals surface area (Å²) in [5.41, 5.74) is 2.49. The predicted octanol–water partition coefficient (Wildman–Crippen LogP) is 3.90. The third-order valence-corrected chi connectivity index (χ3v) is 4.60. The summed E-state index contributed by atoms with van der Waals surface area (Å²) >= 11 is 1.67. The highest BCUT2D eigenvalue weighted by atomic mass is 127. The van der Waals surface area contributed by atoms with Gasteiger partial charge in [-0.3, -0.25) is 4.79 Å². The van der Waals surface area contributed by atoms with Crippen LogP contribution in [0.15, 0.2) is 34.6 Å². The lowest BCUT2D eigenvalue weighted by molar-refractivity contribution is 0.0919. The number of aromatic nitrogens is 1. The topological polar surface area (TPSA) is 78.4 Å². The first-order valence-electron chi connectivity index (χ1n) is 9.61. The molecule has 8 heteroatoms. The minimum atomic E-state index is -0.261. The normalized spacial score (nSPS) is 11.6. The highest BCUT2D eigenvalue weighted by Crippen LogP contribution is 2.10. The van der Waals surface area contributed by atoms with Crippen LogP contribution >= 0.6 is 35.3 Å². The smallest absolute Gasteiger partial charge is 0.251 e. The summed E-state index contributed by atoms with van der Waals surface area (Å²) in [5, 5.41) is 12.8. The predicted molar refractivity (Wildman–Crippen MR) is 132 cm³/mol. The number of carbonyl (C=O) groups excluding carboxylic acids is 1. The zero-order chi connectivity index (χ0) is 20.6. The molecule has 0 aliphatic rings. The van der Waals surface area contributed by atoms with E-state index in [1.165, 1.54) is 0 Å². The third-order valence-electron chi connectivity index (χ3n) is 3.78. The molecule has 0 saturated carbocycles. The van der Waals surface area contributed by atoms with Crippen molar-refractivity contribution < 1.29 is 4.79 Å². The molecule has 0 unspecified atom stereocenters. The Hall–Kier alpha value is -1.68. The zero-order valence-corrected chi connectivity index (χ0v) is 21.0. The number of rotatable bonds is 7. The molecule has 1 amide bonds. The number of guanidine groups is 1. The van der Waals surface area contributed by atoms with Gasteiger partial charge in [0.2, 0.25) is 0 Å². The maximum absolute atomic E-state index is 12.4. The van der Waals surface area contributed by atoms with Gasteiger partial charge >= 0.3 is 0 Å². The number of hydrogen-bond donors (Lipinski definition) is 3. The van der Waals surface area contributed by atoms with Crippen LogP contribution in [0.5, 0.6) is 0 Å². The lowest BCUT2D eigenvalue weighted by Crippen LogP contribution is -2.40. The van der Waals surface area contributed by atoms with E-state index >= 15 is 0 Å². The first-order valence-corrected chi connectivity index (χ1v) is 10.5. The maximum Gasteiger partial charge on any atom is 0.251 e. The van der Waals surface area contributed by atoms with Crippen LogP contribution in [0.25, 0.3) is 0 Å². The van der Waals surface area contributed by atoms with Gasteiger partial charge in [0.25, 0.3) is 5.91 Å². The fraction of sp³-hybridized carbons (Fsp3) is 0.476. The van der Waals surface area contributed by atoms with Crippen LogP contribution in [-0.2, 0) is 13.0 Å². The molecule has 0 bridgehead atoms. The van der Waals surface area contributed by atoms with E-state index in [9.17, 15) is 4.79 Å². The molecule has 1 heterocycles. The first-order chi connectivity index (χ1) is 13.3. The Kier molecular flexibility index (Phi) is 10.6. The minimum absolute atomic E-state index is 0. The van der Waals surface area contributed by atoms with E-state index in [1.807, 2.05) is 58.9 Å². The van der Waals surface area contributed by atoms with Gasteiger partial charge in [0, 0.05) is 36.0 Å². The van der Waals surface area contributed by atoms with E-state index in [-0.39, 0.29) is 35.4 Å². The summed E-state index contributed by atoms with van der Waals surface area (Å²) in [6.07, 6.45) is 0.858. The average molecular weight is 529 g/mol. The second-order valence-electron chi connectivity index (χ2n) is 7.63. The van der Waals surface area contributed by atoms with Crippen LogP contribution in [0, 0.1) is 6.92 Å². The van der Waals surface area contributed by atoms with Crippen LogP contribution in [-0.4, -0.2) is 35.5 Å². The highest BCUT2D eigenvalue weighted by molar-refractivity contribution is 14.0. The van der Waals surface area contributed by atoms with Crippen molar-refractivity contribution in [3.8, 4) is 0 Å². The molecule has 0 saturated heterocycles. The van der Waals surface area contributed by atoms with E-state index in [4.69, 9.17) is 0 Å². The Morgan fingerprint density at radius 2 is 2.00 bits per heavy atom. The molecule has 1 aromatic carbocycles. The highest BCUT2D eigenvalue weighted by Gasteiger charge is 2.15. The molecule has 0 aliphatic heterocycles. The van der Waals surface area contributed by atoms with Crippen LogP contribution in [0.3, 0.4) is 0 Å². The average Bonchev–Trinajstić information content (AvgIpc) is 3.03. The molecule has 0 aliphatic carbocycles. The quantitative estimate of drug-likeness (QED) is 0.289. The van der Waals surface area contributed by atoms with Crippen LogP contribution in [0.1, 0.15) is 54.3 Å². The molecule has 160 valence electrons. The van der Waals surface area contributed by atoms with Gasteiger partial charge in [-0.15, -0.1) is 35.3 Å². The second kappa shape index (κ2) is 12.1. The number of hydrogen-bond acceptors (Lipinski definition) is 4. The van der Waals surface area contributed by atoms with Gasteiger partial charge < -0.3 is 16.0 Å². The molecule has 0 radical (unpaired) electrons. The van der Waals surface area contributed by atoms with Crippen molar-refractivity contribution in [3.05, 3.63) is 51.5 Å². The van der Waals surface area contributed by atoms with Gasteiger partial charge in [-0.1, -0.05) is 12.1 Å². The Morgan fingerprint density at radius 1 is 1.24 bits per heavy atom. The Labute approximate surface area is 195 Å². The van der Waals surface area contributed by atoms with Gasteiger partial charge in [-0.2, -0.15) is 0 Å². The van der Waals surface area contributed by atoms with Crippen molar-refractivity contribution in [2.24, 2.45) is 4.99 Å². The van der Waals surface area contributed by atoms with Gasteiger partial charge in [0.05, 0.1) is 17.2 Å². The second-order valence-corrected chi connectivity index (χ2v) is 8.70. The fourth-order valence-electron chi connectivity index (χ4n) is 2.57. The van der Waals surface area contributed by atoms with Crippen LogP contribution < -0.4 is 16.0 Å². The summed E-state index contributed by atoms with van der Waals surface area (Å²) in [5.74, 6) is 0.695. The largest absolute Gasteiger partial charge is 0.357 e. The number of aliphatic imine (C=N–C) groups is 1. The SMILES string of the molecule is CCNC(=NCc1cccc(C(=O)NC(C)(C)C)c1)NCCc1csc(C)n1.I. The van der Waals surface area contributed by atoms with Gasteiger partial charge in [0.15, 0.2) is 5.96 Å². The summed E-state index contributed by atoms with van der Waals surface area (Å²) in [4.78, 5) is 21.5. The molecule has 2 rings (SSSR count). The van der Waals surface area contributed by atoms with Crippen molar-refractivity contribution in [3.63, 3.8) is 0 Å². The summed E-state index contributed by atoms with van der Waals surface area (Å²) in [6.45, 7) is 12.0. The number of nitrogens with one attached hydrogen (secondary N) is 3. The van der Waals surface area contributed by atoms with Gasteiger partial charge in [-0.25, -0.2) is 9.98 Å². The van der Waals surface area contributed by atoms with E-state index in [0.717, 1.165) is 41.7 Å². The van der Waals surface area contributed by atoms with Crippen molar-refractivity contribution >= 4 is 47.2 Å². The number of carbonyl (C=O) groups is 1. The molecular formula is C21H32IN5OS. The van der Waals surface area contributed by atoms with Crippen molar-refractivity contribution in [2.75, 3.05) is 13.1 Å². The minimum Gasteiger partial charge on any atom is -0.357 e. The van der Waals surface area contributed by atoms with Gasteiger partial charge in [-0.05, 0) is 52.3 Å². The standard InChI is InChI=1S/C21H31N5OS.HI/c1-6-22-20(23-11-10-18-14-28-15(2)25-18)24-13-16-8-7-9-17(12-16)19(27)26-21(3,4)5;/h7-9,12,14H,6,10-11,13H2,1-5H3,(H,26,27)(H2,22,23,24);1H. The molecule has 6 nitrogen and oxygen atoms in total. The van der Waals surface area contributed by atoms with Crippen molar-refractivity contribution in [2.45, 2.75) is 53.1 Å². The maximum atomic E-state index is 12.4. The molecule has 2 aromatic rings. The number of benzene rings is 1. The molecule has 1 aromatic heterocycles. The Bertz CT molecular complexity index is 813. The van der Waals surface area contributed by atoms with Crippen LogP contribution in [0.2, 0.25) is 0 Å². The van der Waals surface area contributed by atoms with Crippen LogP contribution in [0.4, 0.5) is 0 Å². The fourth-order valence-corrected chi connectivity index (χ4v) is 3.21. The van der Waals surface area contributed by atoms with E-state index in [1.54, 1.807) is 11.3 Å². The molecule has 0 spiro atoms. The van der Waals surface area contributed by atoms with Gasteiger partial charge in [0.1, 0.15) is 0 Å². The van der Waals surface area contributed by atoms with Crippen molar-refractivity contribution in [1.29, 1.82) is 0 Å². The third kappa shape index (κ3) is 9.58. The Balaban J connectivity index is 0.00000420. The molecular weight excluding hydrogens is 497 g/mol. The number of aryl methyl sites for hydroxylation is 1. The molecule has 0 fully saturated rings. The molecule has 29 heavy (non-hydrogen) atoms. The zero-order valence-electron chi connectivity index (χ0n) is 17.8. The number of amides is 1. The summed E-state index contributed by atoms with van der Waals surface area (Å²) < 4.78 is 0.